The lowest BCUT2D eigenvalue weighted by atomic mass is 10.1. The summed E-state index contributed by atoms with van der Waals surface area (Å²) < 4.78 is 1.05. The SMILES string of the molecule is CCc1cc(Br)ccc1NC(=O)C1CSCCN1. The van der Waals surface area contributed by atoms with Crippen molar-refractivity contribution in [3.63, 3.8) is 0 Å². The Morgan fingerprint density at radius 2 is 2.44 bits per heavy atom. The molecule has 2 rings (SSSR count). The highest BCUT2D eigenvalue weighted by Gasteiger charge is 2.21. The molecule has 18 heavy (non-hydrogen) atoms. The van der Waals surface area contributed by atoms with Gasteiger partial charge >= 0.3 is 0 Å². The Bertz CT molecular complexity index is 433. The van der Waals surface area contributed by atoms with Gasteiger partial charge in [0.1, 0.15) is 0 Å². The molecule has 0 spiro atoms. The molecular formula is C13H17BrN2OS. The standard InChI is InChI=1S/C13H17BrN2OS/c1-2-9-7-10(14)3-4-11(9)16-13(17)12-8-18-6-5-15-12/h3-4,7,12,15H,2,5-6,8H2,1H3,(H,16,17). The fraction of sp³-hybridized carbons (Fsp3) is 0.462. The van der Waals surface area contributed by atoms with Crippen LogP contribution in [-0.2, 0) is 11.2 Å². The zero-order chi connectivity index (χ0) is 13.0. The number of hydrogen-bond acceptors (Lipinski definition) is 3. The molecule has 0 aromatic heterocycles. The number of halogens is 1. The maximum atomic E-state index is 12.1. The Morgan fingerprint density at radius 3 is 3.11 bits per heavy atom. The predicted molar refractivity (Wildman–Crippen MR) is 81.3 cm³/mol. The van der Waals surface area contributed by atoms with Gasteiger partial charge in [-0.3, -0.25) is 4.79 Å². The number of carbonyl (C=O) groups is 1. The molecule has 98 valence electrons. The van der Waals surface area contributed by atoms with Crippen LogP contribution in [0.2, 0.25) is 0 Å². The molecule has 1 heterocycles. The van der Waals surface area contributed by atoms with Crippen LogP contribution >= 0.6 is 27.7 Å². The van der Waals surface area contributed by atoms with Gasteiger partial charge in [0.05, 0.1) is 6.04 Å². The Hall–Kier alpha value is -0.520. The average molecular weight is 329 g/mol. The third-order valence-corrected chi connectivity index (χ3v) is 4.50. The summed E-state index contributed by atoms with van der Waals surface area (Å²) in [6.07, 6.45) is 0.905. The number of amides is 1. The molecule has 5 heteroatoms. The molecule has 1 aliphatic heterocycles. The van der Waals surface area contributed by atoms with Crippen LogP contribution in [-0.4, -0.2) is 30.0 Å². The molecule has 2 N–H and O–H groups in total. The highest BCUT2D eigenvalue weighted by Crippen LogP contribution is 2.22. The maximum Gasteiger partial charge on any atom is 0.242 e. The van der Waals surface area contributed by atoms with Crippen molar-refractivity contribution in [2.75, 3.05) is 23.4 Å². The van der Waals surface area contributed by atoms with Gasteiger partial charge in [0, 0.05) is 28.2 Å². The minimum atomic E-state index is -0.0721. The molecule has 1 unspecified atom stereocenters. The van der Waals surface area contributed by atoms with E-state index in [4.69, 9.17) is 0 Å². The number of anilines is 1. The third-order valence-electron chi connectivity index (χ3n) is 2.94. The smallest absolute Gasteiger partial charge is 0.242 e. The van der Waals surface area contributed by atoms with Crippen LogP contribution in [0.25, 0.3) is 0 Å². The van der Waals surface area contributed by atoms with E-state index in [0.717, 1.165) is 40.2 Å². The molecule has 1 aliphatic rings. The molecular weight excluding hydrogens is 312 g/mol. The van der Waals surface area contributed by atoms with Gasteiger partial charge in [-0.2, -0.15) is 11.8 Å². The lowest BCUT2D eigenvalue weighted by Gasteiger charge is -2.22. The van der Waals surface area contributed by atoms with Gasteiger partial charge in [-0.1, -0.05) is 22.9 Å². The summed E-state index contributed by atoms with van der Waals surface area (Å²) in [4.78, 5) is 12.1. The van der Waals surface area contributed by atoms with Crippen molar-refractivity contribution >= 4 is 39.3 Å². The van der Waals surface area contributed by atoms with E-state index in [9.17, 15) is 4.79 Å². The van der Waals surface area contributed by atoms with Crippen LogP contribution in [0.15, 0.2) is 22.7 Å². The van der Waals surface area contributed by atoms with Gasteiger partial charge < -0.3 is 10.6 Å². The molecule has 0 saturated carbocycles. The first kappa shape index (κ1) is 13.9. The van der Waals surface area contributed by atoms with E-state index >= 15 is 0 Å². The van der Waals surface area contributed by atoms with Gasteiger partial charge in [-0.25, -0.2) is 0 Å². The normalized spacial score (nSPS) is 19.6. The third kappa shape index (κ3) is 3.49. The average Bonchev–Trinajstić information content (AvgIpc) is 2.41. The summed E-state index contributed by atoms with van der Waals surface area (Å²) in [5.41, 5.74) is 2.07. The van der Waals surface area contributed by atoms with Crippen molar-refractivity contribution in [2.45, 2.75) is 19.4 Å². The summed E-state index contributed by atoms with van der Waals surface area (Å²) in [5, 5.41) is 6.27. The Labute approximate surface area is 120 Å². The van der Waals surface area contributed by atoms with Crippen molar-refractivity contribution in [3.05, 3.63) is 28.2 Å². The van der Waals surface area contributed by atoms with E-state index in [2.05, 4.69) is 39.6 Å². The Morgan fingerprint density at radius 1 is 1.61 bits per heavy atom. The number of thioether (sulfide) groups is 1. The minimum absolute atomic E-state index is 0.0687. The van der Waals surface area contributed by atoms with E-state index in [-0.39, 0.29) is 11.9 Å². The fourth-order valence-electron chi connectivity index (χ4n) is 1.93. The molecule has 3 nitrogen and oxygen atoms in total. The fourth-order valence-corrected chi connectivity index (χ4v) is 3.27. The van der Waals surface area contributed by atoms with Crippen LogP contribution in [0.5, 0.6) is 0 Å². The Balaban J connectivity index is 2.06. The zero-order valence-electron chi connectivity index (χ0n) is 10.3. The topological polar surface area (TPSA) is 41.1 Å². The highest BCUT2D eigenvalue weighted by molar-refractivity contribution is 9.10. The van der Waals surface area contributed by atoms with E-state index in [1.165, 1.54) is 0 Å². The van der Waals surface area contributed by atoms with Gasteiger partial charge in [-0.15, -0.1) is 0 Å². The molecule has 0 bridgehead atoms. The number of hydrogen-bond donors (Lipinski definition) is 2. The zero-order valence-corrected chi connectivity index (χ0v) is 12.7. The molecule has 1 atom stereocenters. The molecule has 1 saturated heterocycles. The lowest BCUT2D eigenvalue weighted by molar-refractivity contribution is -0.117. The van der Waals surface area contributed by atoms with Crippen LogP contribution in [0, 0.1) is 0 Å². The monoisotopic (exact) mass is 328 g/mol. The van der Waals surface area contributed by atoms with E-state index in [1.807, 2.05) is 23.9 Å². The summed E-state index contributed by atoms with van der Waals surface area (Å²) in [6.45, 7) is 3.00. The summed E-state index contributed by atoms with van der Waals surface area (Å²) in [5.74, 6) is 2.01. The lowest BCUT2D eigenvalue weighted by Crippen LogP contribution is -2.46. The quantitative estimate of drug-likeness (QED) is 0.896. The predicted octanol–water partition coefficient (Wildman–Crippen LogP) is 2.66. The first-order valence-electron chi connectivity index (χ1n) is 6.11. The largest absolute Gasteiger partial charge is 0.324 e. The second-order valence-electron chi connectivity index (χ2n) is 4.23. The van der Waals surface area contributed by atoms with E-state index in [0.29, 0.717) is 0 Å². The number of aryl methyl sites for hydroxylation is 1. The van der Waals surface area contributed by atoms with E-state index < -0.39 is 0 Å². The van der Waals surface area contributed by atoms with Crippen molar-refractivity contribution in [2.24, 2.45) is 0 Å². The van der Waals surface area contributed by atoms with Crippen LogP contribution in [0.1, 0.15) is 12.5 Å². The van der Waals surface area contributed by atoms with E-state index in [1.54, 1.807) is 0 Å². The highest BCUT2D eigenvalue weighted by atomic mass is 79.9. The van der Waals surface area contributed by atoms with Crippen molar-refractivity contribution in [1.82, 2.24) is 5.32 Å². The van der Waals surface area contributed by atoms with Crippen LogP contribution in [0.3, 0.4) is 0 Å². The van der Waals surface area contributed by atoms with Crippen LogP contribution in [0.4, 0.5) is 5.69 Å². The first-order chi connectivity index (χ1) is 8.70. The number of rotatable bonds is 3. The minimum Gasteiger partial charge on any atom is -0.324 e. The molecule has 1 amide bonds. The number of benzene rings is 1. The van der Waals surface area contributed by atoms with Crippen LogP contribution < -0.4 is 10.6 Å². The summed E-state index contributed by atoms with van der Waals surface area (Å²) in [7, 11) is 0. The number of nitrogens with one attached hydrogen (secondary N) is 2. The van der Waals surface area contributed by atoms with Gasteiger partial charge in [0.2, 0.25) is 5.91 Å². The van der Waals surface area contributed by atoms with Gasteiger partial charge in [0.25, 0.3) is 0 Å². The molecule has 1 aromatic carbocycles. The molecule has 0 aliphatic carbocycles. The van der Waals surface area contributed by atoms with Gasteiger partial charge in [-0.05, 0) is 30.2 Å². The Kier molecular flexibility index (Phi) is 5.09. The van der Waals surface area contributed by atoms with Gasteiger partial charge in [0.15, 0.2) is 0 Å². The van der Waals surface area contributed by atoms with Crippen molar-refractivity contribution in [1.29, 1.82) is 0 Å². The van der Waals surface area contributed by atoms with Crippen molar-refractivity contribution in [3.8, 4) is 0 Å². The molecule has 1 aromatic rings. The summed E-state index contributed by atoms with van der Waals surface area (Å²) in [6, 6.07) is 5.89. The van der Waals surface area contributed by atoms with Crippen molar-refractivity contribution < 1.29 is 4.79 Å². The second-order valence-corrected chi connectivity index (χ2v) is 6.29. The molecule has 0 radical (unpaired) electrons. The number of carbonyl (C=O) groups excluding carboxylic acids is 1. The maximum absolute atomic E-state index is 12.1. The summed E-state index contributed by atoms with van der Waals surface area (Å²) >= 11 is 5.28. The second kappa shape index (κ2) is 6.59. The molecule has 1 fully saturated rings. The first-order valence-corrected chi connectivity index (χ1v) is 8.06.